The summed E-state index contributed by atoms with van der Waals surface area (Å²) < 4.78 is 39.3. The Labute approximate surface area is 103 Å². The molecule has 2 rings (SSSR count). The van der Waals surface area contributed by atoms with Crippen LogP contribution in [0.5, 0.6) is 0 Å². The highest BCUT2D eigenvalue weighted by Gasteiger charge is 2.37. The van der Waals surface area contributed by atoms with E-state index in [9.17, 15) is 13.2 Å². The molecule has 0 saturated heterocycles. The van der Waals surface area contributed by atoms with E-state index in [4.69, 9.17) is 0 Å². The minimum Gasteiger partial charge on any atom is -0.227 e. The second kappa shape index (κ2) is 4.08. The highest BCUT2D eigenvalue weighted by Crippen LogP contribution is 2.33. The van der Waals surface area contributed by atoms with Gasteiger partial charge in [0.05, 0.1) is 15.5 Å². The SMILES string of the molecule is FC(F)(F)c1c(I)cnn1-c1ccccc1. The molecule has 0 aliphatic rings. The molecule has 0 spiro atoms. The van der Waals surface area contributed by atoms with Crippen LogP contribution in [-0.2, 0) is 6.18 Å². The number of aromatic nitrogens is 2. The van der Waals surface area contributed by atoms with Crippen LogP contribution in [0.1, 0.15) is 5.69 Å². The van der Waals surface area contributed by atoms with Crippen LogP contribution in [0.2, 0.25) is 0 Å². The molecule has 6 heteroatoms. The van der Waals surface area contributed by atoms with E-state index in [-0.39, 0.29) is 3.57 Å². The number of benzene rings is 1. The van der Waals surface area contributed by atoms with Gasteiger partial charge in [0, 0.05) is 0 Å². The van der Waals surface area contributed by atoms with Gasteiger partial charge < -0.3 is 0 Å². The second-order valence-corrected chi connectivity index (χ2v) is 4.25. The maximum Gasteiger partial charge on any atom is 0.434 e. The Bertz CT molecular complexity index is 491. The molecular formula is C10H6F3IN2. The molecule has 2 nitrogen and oxygen atoms in total. The van der Waals surface area contributed by atoms with Crippen LogP contribution in [0.25, 0.3) is 5.69 Å². The lowest BCUT2D eigenvalue weighted by atomic mass is 10.3. The van der Waals surface area contributed by atoms with E-state index in [1.165, 1.54) is 6.20 Å². The van der Waals surface area contributed by atoms with Gasteiger partial charge in [0.15, 0.2) is 5.69 Å². The molecule has 1 aromatic heterocycles. The molecule has 0 bridgehead atoms. The Morgan fingerprint density at radius 3 is 2.31 bits per heavy atom. The Kier molecular flexibility index (Phi) is 2.92. The van der Waals surface area contributed by atoms with Gasteiger partial charge in [0.2, 0.25) is 0 Å². The minimum atomic E-state index is -4.40. The molecule has 84 valence electrons. The monoisotopic (exact) mass is 338 g/mol. The third-order valence-electron chi connectivity index (χ3n) is 1.99. The van der Waals surface area contributed by atoms with Crippen LogP contribution in [-0.4, -0.2) is 9.78 Å². The highest BCUT2D eigenvalue weighted by atomic mass is 127. The average Bonchev–Trinajstić information content (AvgIpc) is 2.61. The first-order valence-electron chi connectivity index (χ1n) is 4.36. The Morgan fingerprint density at radius 2 is 1.75 bits per heavy atom. The molecule has 1 heterocycles. The van der Waals surface area contributed by atoms with E-state index < -0.39 is 11.9 Å². The number of para-hydroxylation sites is 1. The lowest BCUT2D eigenvalue weighted by molar-refractivity contribution is -0.143. The van der Waals surface area contributed by atoms with Crippen molar-refractivity contribution in [1.82, 2.24) is 9.78 Å². The second-order valence-electron chi connectivity index (χ2n) is 3.09. The number of hydrogen-bond acceptors (Lipinski definition) is 1. The van der Waals surface area contributed by atoms with Crippen LogP contribution in [0.3, 0.4) is 0 Å². The number of nitrogens with zero attached hydrogens (tertiary/aromatic N) is 2. The van der Waals surface area contributed by atoms with Crippen molar-refractivity contribution in [2.24, 2.45) is 0 Å². The molecular weight excluding hydrogens is 332 g/mol. The van der Waals surface area contributed by atoms with Crippen molar-refractivity contribution in [1.29, 1.82) is 0 Å². The zero-order chi connectivity index (χ0) is 11.8. The lowest BCUT2D eigenvalue weighted by Crippen LogP contribution is -2.14. The van der Waals surface area contributed by atoms with Gasteiger partial charge in [-0.1, -0.05) is 18.2 Å². The summed E-state index contributed by atoms with van der Waals surface area (Å²) in [6, 6.07) is 8.25. The van der Waals surface area contributed by atoms with Gasteiger partial charge >= 0.3 is 6.18 Å². The van der Waals surface area contributed by atoms with E-state index in [1.54, 1.807) is 52.9 Å². The molecule has 0 unspecified atom stereocenters. The normalized spacial score (nSPS) is 11.8. The lowest BCUT2D eigenvalue weighted by Gasteiger charge is -2.10. The van der Waals surface area contributed by atoms with Crippen molar-refractivity contribution >= 4 is 22.6 Å². The predicted molar refractivity (Wildman–Crippen MR) is 61.3 cm³/mol. The molecule has 0 N–H and O–H groups in total. The van der Waals surface area contributed by atoms with Crippen molar-refractivity contribution < 1.29 is 13.2 Å². The molecule has 0 aliphatic carbocycles. The molecule has 0 atom stereocenters. The van der Waals surface area contributed by atoms with Crippen LogP contribution in [0, 0.1) is 3.57 Å². The molecule has 0 saturated carbocycles. The first-order chi connectivity index (χ1) is 7.50. The first kappa shape index (κ1) is 11.4. The van der Waals surface area contributed by atoms with E-state index in [0.29, 0.717) is 5.69 Å². The fourth-order valence-corrected chi connectivity index (χ4v) is 2.01. The van der Waals surface area contributed by atoms with Gasteiger partial charge in [-0.05, 0) is 34.7 Å². The van der Waals surface area contributed by atoms with Gasteiger partial charge in [-0.2, -0.15) is 18.3 Å². The van der Waals surface area contributed by atoms with E-state index in [0.717, 1.165) is 4.68 Å². The van der Waals surface area contributed by atoms with Crippen LogP contribution in [0.15, 0.2) is 36.5 Å². The third-order valence-corrected chi connectivity index (χ3v) is 2.78. The number of alkyl halides is 3. The number of rotatable bonds is 1. The van der Waals surface area contributed by atoms with Crippen molar-refractivity contribution in [2.45, 2.75) is 6.18 Å². The Morgan fingerprint density at radius 1 is 1.12 bits per heavy atom. The maximum atomic E-state index is 12.8. The largest absolute Gasteiger partial charge is 0.434 e. The Balaban J connectivity index is 2.60. The summed E-state index contributed by atoms with van der Waals surface area (Å²) in [5.74, 6) is 0. The fourth-order valence-electron chi connectivity index (χ4n) is 1.35. The quantitative estimate of drug-likeness (QED) is 0.728. The molecule has 1 aromatic carbocycles. The minimum absolute atomic E-state index is 0.0916. The van der Waals surface area contributed by atoms with Gasteiger partial charge in [-0.25, -0.2) is 4.68 Å². The average molecular weight is 338 g/mol. The molecule has 16 heavy (non-hydrogen) atoms. The van der Waals surface area contributed by atoms with E-state index >= 15 is 0 Å². The zero-order valence-corrected chi connectivity index (χ0v) is 10.0. The maximum absolute atomic E-state index is 12.8. The summed E-state index contributed by atoms with van der Waals surface area (Å²) in [6.07, 6.45) is -3.20. The zero-order valence-electron chi connectivity index (χ0n) is 7.87. The number of halogens is 4. The van der Waals surface area contributed by atoms with Crippen molar-refractivity contribution in [3.63, 3.8) is 0 Å². The summed E-state index contributed by atoms with van der Waals surface area (Å²) >= 11 is 1.63. The summed E-state index contributed by atoms with van der Waals surface area (Å²) in [6.45, 7) is 0. The fraction of sp³-hybridized carbons (Fsp3) is 0.100. The van der Waals surface area contributed by atoms with Gasteiger partial charge in [0.1, 0.15) is 0 Å². The van der Waals surface area contributed by atoms with Gasteiger partial charge in [-0.15, -0.1) is 0 Å². The van der Waals surface area contributed by atoms with Crippen LogP contribution >= 0.6 is 22.6 Å². The first-order valence-corrected chi connectivity index (χ1v) is 5.44. The topological polar surface area (TPSA) is 17.8 Å². The van der Waals surface area contributed by atoms with E-state index in [1.807, 2.05) is 0 Å². The third kappa shape index (κ3) is 2.06. The molecule has 0 fully saturated rings. The Hall–Kier alpha value is -1.05. The molecule has 0 amide bonds. The van der Waals surface area contributed by atoms with E-state index in [2.05, 4.69) is 5.10 Å². The number of hydrogen-bond donors (Lipinski definition) is 0. The van der Waals surface area contributed by atoms with Gasteiger partial charge in [-0.3, -0.25) is 0 Å². The predicted octanol–water partition coefficient (Wildman–Crippen LogP) is 3.50. The van der Waals surface area contributed by atoms with Crippen LogP contribution < -0.4 is 0 Å². The summed E-state index contributed by atoms with van der Waals surface area (Å²) in [7, 11) is 0. The van der Waals surface area contributed by atoms with Gasteiger partial charge in [0.25, 0.3) is 0 Å². The van der Waals surface area contributed by atoms with Crippen molar-refractivity contribution in [3.8, 4) is 5.69 Å². The molecule has 2 aromatic rings. The van der Waals surface area contributed by atoms with Crippen LogP contribution in [0.4, 0.5) is 13.2 Å². The summed E-state index contributed by atoms with van der Waals surface area (Å²) in [4.78, 5) is 0. The standard InChI is InChI=1S/C10H6F3IN2/c11-10(12,13)9-8(14)6-15-16(9)7-4-2-1-3-5-7/h1-6H. The molecule has 0 aliphatic heterocycles. The summed E-state index contributed by atoms with van der Waals surface area (Å²) in [5.41, 5.74) is -0.336. The summed E-state index contributed by atoms with van der Waals surface area (Å²) in [5, 5.41) is 3.74. The highest BCUT2D eigenvalue weighted by molar-refractivity contribution is 14.1. The van der Waals surface area contributed by atoms with Crippen molar-refractivity contribution in [3.05, 3.63) is 45.8 Å². The smallest absolute Gasteiger partial charge is 0.227 e. The molecule has 0 radical (unpaired) electrons. The van der Waals surface area contributed by atoms with Crippen molar-refractivity contribution in [2.75, 3.05) is 0 Å².